The first-order valence-corrected chi connectivity index (χ1v) is 9.76. The third-order valence-corrected chi connectivity index (χ3v) is 6.41. The van der Waals surface area contributed by atoms with E-state index in [1.54, 1.807) is 6.92 Å². The number of fused-ring (bicyclic) bond motifs is 3. The Kier molecular flexibility index (Phi) is 4.04. The summed E-state index contributed by atoms with van der Waals surface area (Å²) >= 11 is 0. The molecule has 1 saturated carbocycles. The van der Waals surface area contributed by atoms with Crippen LogP contribution >= 0.6 is 0 Å². The number of aromatic hydroxyl groups is 2. The fraction of sp³-hybridized carbons (Fsp3) is 0.545. The molecule has 2 aromatic rings. The lowest BCUT2D eigenvalue weighted by Gasteiger charge is -2.39. The minimum absolute atomic E-state index is 0.0442. The average molecular weight is 385 g/mol. The van der Waals surface area contributed by atoms with Crippen molar-refractivity contribution in [2.24, 2.45) is 10.8 Å². The molecule has 1 amide bonds. The Morgan fingerprint density at radius 3 is 2.68 bits per heavy atom. The van der Waals surface area contributed by atoms with Crippen molar-refractivity contribution in [1.29, 1.82) is 0 Å². The van der Waals surface area contributed by atoms with Crippen LogP contribution in [0.4, 0.5) is 0 Å². The Morgan fingerprint density at radius 1 is 1.25 bits per heavy atom. The number of aryl methyl sites for hydroxylation is 1. The number of hydrogen-bond donors (Lipinski definition) is 2. The van der Waals surface area contributed by atoms with Gasteiger partial charge < -0.3 is 19.5 Å². The van der Waals surface area contributed by atoms with Gasteiger partial charge in [-0.1, -0.05) is 20.8 Å². The number of nitrogens with zero attached hydrogens (tertiary/aromatic N) is 1. The average Bonchev–Trinajstić information content (AvgIpc) is 2.79. The van der Waals surface area contributed by atoms with Crippen molar-refractivity contribution in [3.05, 3.63) is 33.7 Å². The molecule has 2 heterocycles. The molecule has 1 aliphatic carbocycles. The molecule has 6 heteroatoms. The first-order valence-electron chi connectivity index (χ1n) is 9.76. The Labute approximate surface area is 163 Å². The van der Waals surface area contributed by atoms with Gasteiger partial charge in [-0.2, -0.15) is 0 Å². The van der Waals surface area contributed by atoms with E-state index in [1.807, 2.05) is 4.90 Å². The fourth-order valence-electron chi connectivity index (χ4n) is 5.72. The molecule has 2 aliphatic rings. The smallest absolute Gasteiger partial charge is 0.340 e. The van der Waals surface area contributed by atoms with E-state index in [1.165, 1.54) is 12.1 Å². The zero-order chi connectivity index (χ0) is 20.4. The third-order valence-electron chi connectivity index (χ3n) is 6.41. The van der Waals surface area contributed by atoms with Gasteiger partial charge in [0, 0.05) is 24.7 Å². The van der Waals surface area contributed by atoms with E-state index in [-0.39, 0.29) is 51.8 Å². The van der Waals surface area contributed by atoms with E-state index >= 15 is 0 Å². The molecule has 1 aromatic carbocycles. The molecule has 28 heavy (non-hydrogen) atoms. The predicted molar refractivity (Wildman–Crippen MR) is 105 cm³/mol. The van der Waals surface area contributed by atoms with Crippen LogP contribution in [0.25, 0.3) is 11.0 Å². The van der Waals surface area contributed by atoms with Gasteiger partial charge in [0.15, 0.2) is 0 Å². The second-order valence-electron chi connectivity index (χ2n) is 9.74. The van der Waals surface area contributed by atoms with Crippen molar-refractivity contribution in [3.63, 3.8) is 0 Å². The summed E-state index contributed by atoms with van der Waals surface area (Å²) in [6.07, 6.45) is 3.03. The second-order valence-corrected chi connectivity index (χ2v) is 9.74. The van der Waals surface area contributed by atoms with E-state index in [0.29, 0.717) is 10.9 Å². The minimum atomic E-state index is -0.600. The summed E-state index contributed by atoms with van der Waals surface area (Å²) in [5.74, 6) is -0.424. The van der Waals surface area contributed by atoms with Gasteiger partial charge in [0.2, 0.25) is 5.91 Å². The number of phenolic OH excluding ortho intramolecular Hbond substituents is 2. The number of benzene rings is 1. The maximum absolute atomic E-state index is 13.1. The molecule has 0 unspecified atom stereocenters. The van der Waals surface area contributed by atoms with Crippen LogP contribution in [0.2, 0.25) is 0 Å². The van der Waals surface area contributed by atoms with Crippen molar-refractivity contribution in [2.75, 3.05) is 6.54 Å². The van der Waals surface area contributed by atoms with Crippen LogP contribution in [-0.2, 0) is 11.2 Å². The summed E-state index contributed by atoms with van der Waals surface area (Å²) < 4.78 is 5.29. The van der Waals surface area contributed by atoms with Crippen molar-refractivity contribution in [1.82, 2.24) is 4.90 Å². The fourth-order valence-corrected chi connectivity index (χ4v) is 5.72. The number of rotatable bonds is 2. The van der Waals surface area contributed by atoms with E-state index < -0.39 is 5.63 Å². The van der Waals surface area contributed by atoms with Gasteiger partial charge in [0.1, 0.15) is 17.1 Å². The quantitative estimate of drug-likeness (QED) is 0.773. The molecule has 0 spiro atoms. The molecule has 1 aliphatic heterocycles. The van der Waals surface area contributed by atoms with Crippen LogP contribution in [0.15, 0.2) is 21.3 Å². The molecule has 2 fully saturated rings. The molecule has 4 rings (SSSR count). The van der Waals surface area contributed by atoms with Gasteiger partial charge in [0.05, 0.1) is 17.4 Å². The van der Waals surface area contributed by atoms with E-state index in [2.05, 4.69) is 20.8 Å². The molecular formula is C22H27NO5. The topological polar surface area (TPSA) is 91.0 Å². The van der Waals surface area contributed by atoms with Crippen LogP contribution in [-0.4, -0.2) is 33.6 Å². The highest BCUT2D eigenvalue weighted by Gasteiger charge is 2.50. The number of phenols is 2. The van der Waals surface area contributed by atoms with Crippen molar-refractivity contribution < 1.29 is 19.4 Å². The monoisotopic (exact) mass is 385 g/mol. The van der Waals surface area contributed by atoms with Gasteiger partial charge in [-0.05, 0) is 42.6 Å². The zero-order valence-corrected chi connectivity index (χ0v) is 16.8. The highest BCUT2D eigenvalue weighted by atomic mass is 16.4. The summed E-state index contributed by atoms with van der Waals surface area (Å²) in [5.41, 5.74) is 0.633. The van der Waals surface area contributed by atoms with Crippen LogP contribution < -0.4 is 5.63 Å². The van der Waals surface area contributed by atoms with E-state index in [9.17, 15) is 19.8 Å². The molecule has 2 bridgehead atoms. The van der Waals surface area contributed by atoms with Crippen LogP contribution in [0.3, 0.4) is 0 Å². The van der Waals surface area contributed by atoms with Crippen molar-refractivity contribution in [2.45, 2.75) is 59.4 Å². The molecule has 1 saturated heterocycles. The maximum atomic E-state index is 13.1. The molecule has 0 radical (unpaired) electrons. The van der Waals surface area contributed by atoms with Gasteiger partial charge >= 0.3 is 5.63 Å². The van der Waals surface area contributed by atoms with Crippen LogP contribution in [0.1, 0.15) is 51.2 Å². The molecule has 150 valence electrons. The summed E-state index contributed by atoms with van der Waals surface area (Å²) in [4.78, 5) is 27.6. The Balaban J connectivity index is 1.67. The minimum Gasteiger partial charge on any atom is -0.508 e. The number of amides is 1. The second kappa shape index (κ2) is 6.00. The summed E-state index contributed by atoms with van der Waals surface area (Å²) in [6.45, 7) is 9.17. The lowest BCUT2D eigenvalue weighted by Crippen LogP contribution is -2.39. The highest BCUT2D eigenvalue weighted by Crippen LogP contribution is 2.52. The summed E-state index contributed by atoms with van der Waals surface area (Å²) in [5, 5.41) is 20.2. The molecule has 2 atom stereocenters. The van der Waals surface area contributed by atoms with Gasteiger partial charge in [-0.15, -0.1) is 0 Å². The highest BCUT2D eigenvalue weighted by molar-refractivity contribution is 5.90. The normalized spacial score (nSPS) is 26.0. The zero-order valence-electron chi connectivity index (χ0n) is 16.8. The SMILES string of the molecule is Cc1c(CC(=O)N2C[C@]3(C)C[C@H]2CC(C)(C)C3)c(=O)oc2cc(O)cc(O)c12. The number of carbonyl (C=O) groups is 1. The molecule has 2 N–H and O–H groups in total. The lowest BCUT2D eigenvalue weighted by molar-refractivity contribution is -0.131. The summed E-state index contributed by atoms with van der Waals surface area (Å²) in [6, 6.07) is 2.70. The Bertz CT molecular complexity index is 1040. The largest absolute Gasteiger partial charge is 0.508 e. The van der Waals surface area contributed by atoms with E-state index in [4.69, 9.17) is 4.42 Å². The molecule has 1 aromatic heterocycles. The third kappa shape index (κ3) is 3.05. The van der Waals surface area contributed by atoms with Gasteiger partial charge in [-0.25, -0.2) is 4.79 Å². The van der Waals surface area contributed by atoms with Crippen LogP contribution in [0.5, 0.6) is 11.5 Å². The number of likely N-dealkylation sites (tertiary alicyclic amines) is 1. The number of carbonyl (C=O) groups excluding carboxylic acids is 1. The summed E-state index contributed by atoms with van der Waals surface area (Å²) in [7, 11) is 0. The predicted octanol–water partition coefficient (Wildman–Crippen LogP) is 3.48. The molecule has 6 nitrogen and oxygen atoms in total. The molecular weight excluding hydrogens is 358 g/mol. The number of hydrogen-bond acceptors (Lipinski definition) is 5. The maximum Gasteiger partial charge on any atom is 0.340 e. The Morgan fingerprint density at radius 2 is 1.96 bits per heavy atom. The van der Waals surface area contributed by atoms with E-state index in [0.717, 1.165) is 25.8 Å². The van der Waals surface area contributed by atoms with Crippen molar-refractivity contribution >= 4 is 16.9 Å². The van der Waals surface area contributed by atoms with Gasteiger partial charge in [-0.3, -0.25) is 4.79 Å². The lowest BCUT2D eigenvalue weighted by atomic mass is 9.65. The first kappa shape index (κ1) is 18.8. The van der Waals surface area contributed by atoms with Crippen LogP contribution in [0, 0.1) is 17.8 Å². The first-order chi connectivity index (χ1) is 13.0. The van der Waals surface area contributed by atoms with Gasteiger partial charge in [0.25, 0.3) is 0 Å². The standard InChI is InChI=1S/C22H27NO5/c1-12-15(20(27)28-17-6-14(24)5-16(25)19(12)17)7-18(26)23-11-22(4)9-13(23)8-21(2,3)10-22/h5-6,13,24-25H,7-11H2,1-4H3/t13-,22-/m1/s1. The van der Waals surface area contributed by atoms with Crippen molar-refractivity contribution in [3.8, 4) is 11.5 Å². The Hall–Kier alpha value is -2.50.